The molecule has 2 aromatic carbocycles. The summed E-state index contributed by atoms with van der Waals surface area (Å²) in [4.78, 5) is 1.19. The molecular weight excluding hydrogens is 398 g/mol. The van der Waals surface area contributed by atoms with Gasteiger partial charge in [0.15, 0.2) is 0 Å². The van der Waals surface area contributed by atoms with E-state index in [0.29, 0.717) is 5.69 Å². The summed E-state index contributed by atoms with van der Waals surface area (Å²) < 4.78 is 29.1. The number of hydrogen-bond donors (Lipinski definition) is 3. The lowest BCUT2D eigenvalue weighted by atomic mass is 10.1. The lowest BCUT2D eigenvalue weighted by Crippen LogP contribution is -2.36. The van der Waals surface area contributed by atoms with Gasteiger partial charge in [-0.15, -0.1) is 0 Å². The monoisotopic (exact) mass is 419 g/mol. The van der Waals surface area contributed by atoms with Gasteiger partial charge in [0.1, 0.15) is 24.0 Å². The van der Waals surface area contributed by atoms with Crippen molar-refractivity contribution in [3.63, 3.8) is 0 Å². The first-order chi connectivity index (χ1) is 13.8. The summed E-state index contributed by atoms with van der Waals surface area (Å²) in [5, 5.41) is 38.6. The average molecular weight is 419 g/mol. The number of aliphatic hydroxyl groups is 3. The molecule has 3 atom stereocenters. The minimum atomic E-state index is -4.11. The summed E-state index contributed by atoms with van der Waals surface area (Å²) in [5.41, 5.74) is 1.54. The third-order valence-electron chi connectivity index (χ3n) is 4.22. The lowest BCUT2D eigenvalue weighted by Gasteiger charge is -2.21. The lowest BCUT2D eigenvalue weighted by molar-refractivity contribution is -0.0749. The van der Waals surface area contributed by atoms with Crippen molar-refractivity contribution in [3.8, 4) is 5.69 Å². The zero-order chi connectivity index (χ0) is 21.0. The van der Waals surface area contributed by atoms with Crippen LogP contribution in [0.3, 0.4) is 0 Å². The molecule has 3 N–H and O–H groups in total. The van der Waals surface area contributed by atoms with Crippen LogP contribution in [0.25, 0.3) is 5.69 Å². The van der Waals surface area contributed by atoms with E-state index in [1.165, 1.54) is 23.1 Å². The maximum atomic E-state index is 12.2. The van der Waals surface area contributed by atoms with Gasteiger partial charge in [-0.05, 0) is 31.2 Å². The fourth-order valence-electron chi connectivity index (χ4n) is 2.51. The molecule has 0 aliphatic heterocycles. The Balaban J connectivity index is 1.63. The molecule has 0 aliphatic carbocycles. The van der Waals surface area contributed by atoms with E-state index in [1.54, 1.807) is 36.4 Å². The third-order valence-corrected chi connectivity index (χ3v) is 5.52. The molecule has 0 amide bonds. The second kappa shape index (κ2) is 8.80. The molecule has 3 aromatic rings. The number of para-hydroxylation sites is 1. The van der Waals surface area contributed by atoms with Crippen molar-refractivity contribution < 1.29 is 27.9 Å². The Labute approximate surface area is 167 Å². The normalized spacial score (nSPS) is 15.0. The Morgan fingerprint density at radius 1 is 1.03 bits per heavy atom. The minimum absolute atomic E-state index is 0.0156. The number of aliphatic hydroxyl groups excluding tert-OH is 3. The highest BCUT2D eigenvalue weighted by molar-refractivity contribution is 7.86. The molecule has 0 radical (unpaired) electrons. The Morgan fingerprint density at radius 2 is 1.69 bits per heavy atom. The van der Waals surface area contributed by atoms with Crippen LogP contribution in [0.2, 0.25) is 0 Å². The van der Waals surface area contributed by atoms with E-state index in [0.717, 1.165) is 5.56 Å². The van der Waals surface area contributed by atoms with Gasteiger partial charge in [-0.3, -0.25) is 4.18 Å². The number of aromatic nitrogens is 3. The molecular formula is C19H21N3O6S. The second-order valence-electron chi connectivity index (χ2n) is 6.45. The van der Waals surface area contributed by atoms with Gasteiger partial charge in [0.25, 0.3) is 10.1 Å². The van der Waals surface area contributed by atoms with E-state index in [-0.39, 0.29) is 10.6 Å². The Hall–Kier alpha value is -2.63. The smallest absolute Gasteiger partial charge is 0.297 e. The van der Waals surface area contributed by atoms with Crippen LogP contribution in [0, 0.1) is 6.92 Å². The van der Waals surface area contributed by atoms with E-state index in [4.69, 9.17) is 4.18 Å². The van der Waals surface area contributed by atoms with Crippen LogP contribution in [0.4, 0.5) is 0 Å². The molecule has 0 unspecified atom stereocenters. The van der Waals surface area contributed by atoms with E-state index in [1.807, 2.05) is 13.0 Å². The number of rotatable bonds is 8. The number of benzene rings is 2. The highest BCUT2D eigenvalue weighted by Gasteiger charge is 2.30. The quantitative estimate of drug-likeness (QED) is 0.455. The molecule has 0 aliphatic rings. The molecule has 0 saturated heterocycles. The summed E-state index contributed by atoms with van der Waals surface area (Å²) in [6.07, 6.45) is -3.75. The van der Waals surface area contributed by atoms with E-state index in [9.17, 15) is 23.7 Å². The Kier molecular flexibility index (Phi) is 6.40. The van der Waals surface area contributed by atoms with Crippen molar-refractivity contribution >= 4 is 10.1 Å². The van der Waals surface area contributed by atoms with Gasteiger partial charge in [0.2, 0.25) is 0 Å². The highest BCUT2D eigenvalue weighted by Crippen LogP contribution is 2.19. The number of hydrogen-bond acceptors (Lipinski definition) is 8. The van der Waals surface area contributed by atoms with Gasteiger partial charge in [-0.25, -0.2) is 0 Å². The fraction of sp³-hybridized carbons (Fsp3) is 0.263. The second-order valence-corrected chi connectivity index (χ2v) is 8.06. The predicted molar refractivity (Wildman–Crippen MR) is 103 cm³/mol. The maximum absolute atomic E-state index is 12.2. The molecule has 10 heteroatoms. The van der Waals surface area contributed by atoms with E-state index >= 15 is 0 Å². The number of nitrogens with zero attached hydrogens (tertiary/aromatic N) is 3. The standard InChI is InChI=1S/C19H21N3O6S/c1-13-7-9-15(10-8-13)29(26,27)28-12-17(23)19(25)18(24)16-11-20-22(21-16)14-5-3-2-4-6-14/h2-11,17-19,23-25H,12H2,1H3/t17-,18+,19+/m0/s1. The molecule has 154 valence electrons. The van der Waals surface area contributed by atoms with Crippen molar-refractivity contribution in [3.05, 3.63) is 72.1 Å². The topological polar surface area (TPSA) is 135 Å². The molecule has 0 bridgehead atoms. The van der Waals surface area contributed by atoms with Crippen LogP contribution in [-0.2, 0) is 14.3 Å². The highest BCUT2D eigenvalue weighted by atomic mass is 32.2. The van der Waals surface area contributed by atoms with Gasteiger partial charge in [-0.2, -0.15) is 23.4 Å². The van der Waals surface area contributed by atoms with Crippen LogP contribution in [0.5, 0.6) is 0 Å². The summed E-state index contributed by atoms with van der Waals surface area (Å²) in [5.74, 6) is 0. The first kappa shape index (κ1) is 21.1. The molecule has 0 saturated carbocycles. The fourth-order valence-corrected chi connectivity index (χ4v) is 3.44. The Morgan fingerprint density at radius 3 is 2.34 bits per heavy atom. The van der Waals surface area contributed by atoms with Crippen molar-refractivity contribution in [1.29, 1.82) is 0 Å². The first-order valence-corrected chi connectivity index (χ1v) is 10.2. The predicted octanol–water partition coefficient (Wildman–Crippen LogP) is 0.736. The van der Waals surface area contributed by atoms with Crippen LogP contribution >= 0.6 is 0 Å². The summed E-state index contributed by atoms with van der Waals surface area (Å²) in [7, 11) is -4.11. The van der Waals surface area contributed by atoms with Crippen LogP contribution in [-0.4, -0.2) is 57.5 Å². The van der Waals surface area contributed by atoms with Crippen molar-refractivity contribution in [2.24, 2.45) is 0 Å². The molecule has 3 rings (SSSR count). The SMILES string of the molecule is Cc1ccc(S(=O)(=O)OC[C@H](O)[C@@H](O)[C@H](O)c2cnn(-c3ccccc3)n2)cc1. The molecule has 1 heterocycles. The van der Waals surface area contributed by atoms with E-state index < -0.39 is 35.0 Å². The summed E-state index contributed by atoms with van der Waals surface area (Å²) in [6.45, 7) is 1.08. The van der Waals surface area contributed by atoms with Crippen molar-refractivity contribution in [2.75, 3.05) is 6.61 Å². The van der Waals surface area contributed by atoms with Crippen molar-refractivity contribution in [2.45, 2.75) is 30.1 Å². The molecule has 29 heavy (non-hydrogen) atoms. The van der Waals surface area contributed by atoms with Gasteiger partial charge in [-0.1, -0.05) is 35.9 Å². The third kappa shape index (κ3) is 5.05. The molecule has 9 nitrogen and oxygen atoms in total. The Bertz CT molecular complexity index is 1040. The maximum Gasteiger partial charge on any atom is 0.297 e. The first-order valence-electron chi connectivity index (χ1n) is 8.76. The summed E-state index contributed by atoms with van der Waals surface area (Å²) >= 11 is 0. The number of aryl methyl sites for hydroxylation is 1. The zero-order valence-corrected chi connectivity index (χ0v) is 16.3. The largest absolute Gasteiger partial charge is 0.388 e. The molecule has 0 fully saturated rings. The van der Waals surface area contributed by atoms with Gasteiger partial charge in [0, 0.05) is 0 Å². The van der Waals surface area contributed by atoms with Crippen molar-refractivity contribution in [1.82, 2.24) is 15.0 Å². The summed E-state index contributed by atoms with van der Waals surface area (Å²) in [6, 6.07) is 14.9. The van der Waals surface area contributed by atoms with Gasteiger partial charge >= 0.3 is 0 Å². The molecule has 1 aromatic heterocycles. The van der Waals surface area contributed by atoms with Crippen LogP contribution in [0.1, 0.15) is 17.4 Å². The minimum Gasteiger partial charge on any atom is -0.388 e. The molecule has 0 spiro atoms. The van der Waals surface area contributed by atoms with Crippen LogP contribution in [0.15, 0.2) is 65.7 Å². The van der Waals surface area contributed by atoms with Gasteiger partial charge in [0.05, 0.1) is 23.4 Å². The van der Waals surface area contributed by atoms with E-state index in [2.05, 4.69) is 10.2 Å². The average Bonchev–Trinajstić information content (AvgIpc) is 3.22. The van der Waals surface area contributed by atoms with Crippen LogP contribution < -0.4 is 0 Å². The zero-order valence-electron chi connectivity index (χ0n) is 15.5. The van der Waals surface area contributed by atoms with Gasteiger partial charge < -0.3 is 15.3 Å².